The summed E-state index contributed by atoms with van der Waals surface area (Å²) in [5.41, 5.74) is -4.90. The minimum Gasteiger partial charge on any atom is -0.417 e. The van der Waals surface area contributed by atoms with Gasteiger partial charge in [0.25, 0.3) is 0 Å². The Morgan fingerprint density at radius 3 is 1.65 bits per heavy atom. The Labute approximate surface area is 291 Å². The van der Waals surface area contributed by atoms with Gasteiger partial charge in [0.2, 0.25) is 29.6 Å². The number of rotatable bonds is 6. The molecule has 0 atom stereocenters. The number of amides is 1. The standard InChI is InChI=1S/C13H9ClF6N4O2.C10H4ClF6N3O.C3H5NO/c1-2-21-11(25)24-8(13(18,19)20)4-9(23-24)26-10-7(14)3-6(5-22-10)12(15,16)17;11-5-1-4(9(12,13)14)3-18-8(5)21-7-2-6(19-20-7)10(15,16)17;1-2-4-3-5/h3-5H,2H2,1H3,(H,21,25);1-3H,(H,19,20);2H2,1H3. The van der Waals surface area contributed by atoms with E-state index < -0.39 is 86.8 Å². The lowest BCUT2D eigenvalue weighted by atomic mass is 10.3. The third kappa shape index (κ3) is 12.6. The highest BCUT2D eigenvalue weighted by molar-refractivity contribution is 6.32. The van der Waals surface area contributed by atoms with Crippen LogP contribution in [0.25, 0.3) is 0 Å². The minimum atomic E-state index is -4.93. The average Bonchev–Trinajstić information content (AvgIpc) is 3.67. The number of aromatic nitrogens is 6. The number of carbonyl (C=O) groups is 1. The second kappa shape index (κ2) is 17.4. The Morgan fingerprint density at radius 1 is 0.808 bits per heavy atom. The van der Waals surface area contributed by atoms with Crippen LogP contribution in [0.4, 0.5) is 57.5 Å². The Balaban J connectivity index is 0.000000324. The van der Waals surface area contributed by atoms with Crippen LogP contribution in [0.15, 0.2) is 41.7 Å². The summed E-state index contributed by atoms with van der Waals surface area (Å²) in [5.74, 6) is -2.35. The maximum Gasteiger partial charge on any atom is 0.433 e. The van der Waals surface area contributed by atoms with Crippen molar-refractivity contribution in [3.8, 4) is 23.5 Å². The Kier molecular flexibility index (Phi) is 14.4. The fourth-order valence-corrected chi connectivity index (χ4v) is 3.48. The van der Waals surface area contributed by atoms with Crippen molar-refractivity contribution in [2.45, 2.75) is 38.6 Å². The molecule has 1 amide bonds. The fraction of sp³-hybridized carbons (Fsp3) is 0.308. The van der Waals surface area contributed by atoms with E-state index in [9.17, 15) is 57.5 Å². The highest BCUT2D eigenvalue weighted by Gasteiger charge is 2.39. The number of H-pyrrole nitrogens is 1. The van der Waals surface area contributed by atoms with Gasteiger partial charge in [-0.25, -0.2) is 24.5 Å². The molecule has 4 aromatic rings. The van der Waals surface area contributed by atoms with Crippen LogP contribution in [0, 0.1) is 0 Å². The van der Waals surface area contributed by atoms with Crippen LogP contribution in [0.5, 0.6) is 23.5 Å². The zero-order valence-electron chi connectivity index (χ0n) is 25.5. The summed E-state index contributed by atoms with van der Waals surface area (Å²) < 4.78 is 160. The van der Waals surface area contributed by atoms with E-state index in [-0.39, 0.29) is 11.2 Å². The molecule has 0 aromatic carbocycles. The van der Waals surface area contributed by atoms with Gasteiger partial charge in [-0.3, -0.25) is 5.10 Å². The van der Waals surface area contributed by atoms with Gasteiger partial charge in [-0.05, 0) is 26.0 Å². The summed E-state index contributed by atoms with van der Waals surface area (Å²) in [5, 5.41) is 9.23. The number of ether oxygens (including phenoxy) is 2. The molecule has 284 valence electrons. The summed E-state index contributed by atoms with van der Waals surface area (Å²) >= 11 is 11.1. The quantitative estimate of drug-likeness (QED) is 0.111. The Hall–Kier alpha value is -5.09. The number of aliphatic imine (C=N–C) groups is 1. The van der Waals surface area contributed by atoms with Crippen molar-refractivity contribution in [3.63, 3.8) is 0 Å². The molecule has 0 aliphatic rings. The summed E-state index contributed by atoms with van der Waals surface area (Å²) in [6.07, 6.45) is -16.7. The molecule has 52 heavy (non-hydrogen) atoms. The van der Waals surface area contributed by atoms with Crippen LogP contribution in [-0.4, -0.2) is 55.1 Å². The van der Waals surface area contributed by atoms with E-state index in [1.807, 2.05) is 0 Å². The van der Waals surface area contributed by atoms with Crippen LogP contribution in [-0.2, 0) is 29.5 Å². The Morgan fingerprint density at radius 2 is 1.31 bits per heavy atom. The van der Waals surface area contributed by atoms with E-state index in [4.69, 9.17) is 37.5 Å². The maximum absolute atomic E-state index is 13.0. The smallest absolute Gasteiger partial charge is 0.417 e. The number of hydrogen-bond acceptors (Lipinski definition) is 9. The molecule has 0 unspecified atom stereocenters. The van der Waals surface area contributed by atoms with E-state index in [1.54, 1.807) is 12.0 Å². The number of nitrogens with zero attached hydrogens (tertiary/aromatic N) is 6. The van der Waals surface area contributed by atoms with Crippen LogP contribution in [0.3, 0.4) is 0 Å². The maximum atomic E-state index is 13.0. The van der Waals surface area contributed by atoms with Crippen molar-refractivity contribution in [3.05, 3.63) is 69.2 Å². The molecule has 2 N–H and O–H groups in total. The molecule has 0 spiro atoms. The van der Waals surface area contributed by atoms with Gasteiger partial charge in [0.05, 0.1) is 11.1 Å². The van der Waals surface area contributed by atoms with E-state index in [2.05, 4.69) is 30.5 Å². The average molecular weight is 805 g/mol. The van der Waals surface area contributed by atoms with Crippen molar-refractivity contribution in [1.82, 2.24) is 35.3 Å². The molecular formula is C26H18Cl2F12N8O4. The molecule has 0 saturated carbocycles. The number of carbonyl (C=O) groups excluding carboxylic acids is 2. The second-order valence-corrected chi connectivity index (χ2v) is 9.83. The summed E-state index contributed by atoms with van der Waals surface area (Å²) in [7, 11) is 0. The molecule has 0 aliphatic carbocycles. The lowest BCUT2D eigenvalue weighted by molar-refractivity contribution is -0.143. The highest BCUT2D eigenvalue weighted by atomic mass is 35.5. The van der Waals surface area contributed by atoms with Gasteiger partial charge in [-0.2, -0.15) is 57.4 Å². The first-order valence-electron chi connectivity index (χ1n) is 13.3. The zero-order valence-corrected chi connectivity index (χ0v) is 27.0. The predicted molar refractivity (Wildman–Crippen MR) is 153 cm³/mol. The first-order valence-corrected chi connectivity index (χ1v) is 14.1. The van der Waals surface area contributed by atoms with E-state index >= 15 is 0 Å². The van der Waals surface area contributed by atoms with Gasteiger partial charge in [0.15, 0.2) is 5.69 Å². The number of alkyl halides is 12. The summed E-state index contributed by atoms with van der Waals surface area (Å²) in [6, 6.07) is 0.790. The van der Waals surface area contributed by atoms with Gasteiger partial charge < -0.3 is 14.8 Å². The number of hydrogen-bond donors (Lipinski definition) is 2. The molecule has 12 nitrogen and oxygen atoms in total. The molecule has 4 heterocycles. The molecule has 4 rings (SSSR count). The first kappa shape index (κ1) is 43.1. The molecule has 0 radical (unpaired) electrons. The van der Waals surface area contributed by atoms with Crippen molar-refractivity contribution >= 4 is 35.3 Å². The van der Waals surface area contributed by atoms with Crippen molar-refractivity contribution in [2.75, 3.05) is 13.1 Å². The van der Waals surface area contributed by atoms with Crippen LogP contribution >= 0.6 is 23.2 Å². The third-order valence-electron chi connectivity index (χ3n) is 5.25. The zero-order chi connectivity index (χ0) is 39.7. The van der Waals surface area contributed by atoms with Crippen molar-refractivity contribution < 1.29 is 71.7 Å². The van der Waals surface area contributed by atoms with Gasteiger partial charge in [-0.1, -0.05) is 23.2 Å². The fourth-order valence-electron chi connectivity index (χ4n) is 3.07. The topological polar surface area (TPSA) is 149 Å². The second-order valence-electron chi connectivity index (χ2n) is 9.02. The van der Waals surface area contributed by atoms with E-state index in [0.717, 1.165) is 0 Å². The predicted octanol–water partition coefficient (Wildman–Crippen LogP) is 8.97. The molecule has 26 heteroatoms. The molecular weight excluding hydrogens is 787 g/mol. The number of aromatic amines is 1. The van der Waals surface area contributed by atoms with Crippen molar-refractivity contribution in [2.24, 2.45) is 4.99 Å². The summed E-state index contributed by atoms with van der Waals surface area (Å²) in [6.45, 7) is 3.85. The van der Waals surface area contributed by atoms with Crippen LogP contribution in [0.2, 0.25) is 10.0 Å². The largest absolute Gasteiger partial charge is 0.433 e. The normalized spacial score (nSPS) is 11.7. The van der Waals surface area contributed by atoms with Crippen LogP contribution in [0.1, 0.15) is 36.4 Å². The van der Waals surface area contributed by atoms with Crippen LogP contribution < -0.4 is 14.8 Å². The summed E-state index contributed by atoms with van der Waals surface area (Å²) in [4.78, 5) is 30.6. The number of halogens is 14. The molecule has 4 aromatic heterocycles. The molecule has 0 aliphatic heterocycles. The number of nitrogens with one attached hydrogen (secondary N) is 2. The number of isocyanates is 1. The molecule has 0 fully saturated rings. The van der Waals surface area contributed by atoms with Gasteiger partial charge in [0.1, 0.15) is 15.7 Å². The molecule has 0 bridgehead atoms. The van der Waals surface area contributed by atoms with Gasteiger partial charge in [0, 0.05) is 37.6 Å². The van der Waals surface area contributed by atoms with E-state index in [0.29, 0.717) is 43.2 Å². The van der Waals surface area contributed by atoms with Crippen molar-refractivity contribution in [1.29, 1.82) is 0 Å². The minimum absolute atomic E-state index is 0.0246. The van der Waals surface area contributed by atoms with E-state index in [1.165, 1.54) is 13.0 Å². The first-order chi connectivity index (χ1) is 23.9. The lowest BCUT2D eigenvalue weighted by Crippen LogP contribution is -2.32. The monoisotopic (exact) mass is 804 g/mol. The SMILES string of the molecule is CCN=C=O.CCNC(=O)n1nc(Oc2ncc(C(F)(F)F)cc2Cl)cc1C(F)(F)F.FC(F)(F)c1cnc(Oc2cc(C(F)(F)F)[nH]n2)c(Cl)c1. The Bertz CT molecular complexity index is 1870. The number of pyridine rings is 2. The lowest BCUT2D eigenvalue weighted by Gasteiger charge is -2.08. The van der Waals surface area contributed by atoms with Gasteiger partial charge in [-0.15, -0.1) is 10.2 Å². The highest BCUT2D eigenvalue weighted by Crippen LogP contribution is 2.38. The molecule has 0 saturated heterocycles. The third-order valence-corrected chi connectivity index (χ3v) is 5.79. The van der Waals surface area contributed by atoms with Gasteiger partial charge >= 0.3 is 30.7 Å².